The maximum atomic E-state index is 12.6. The summed E-state index contributed by atoms with van der Waals surface area (Å²) < 4.78 is 38.6. The number of rotatable bonds is 2. The second-order valence-corrected chi connectivity index (χ2v) is 4.89. The van der Waals surface area contributed by atoms with Crippen molar-refractivity contribution >= 4 is 23.2 Å². The molecule has 0 unspecified atom stereocenters. The summed E-state index contributed by atoms with van der Waals surface area (Å²) in [5.41, 5.74) is -0.132. The van der Waals surface area contributed by atoms with Crippen LogP contribution in [-0.4, -0.2) is 15.7 Å². The van der Waals surface area contributed by atoms with Gasteiger partial charge in [-0.2, -0.15) is 18.3 Å². The number of nitrogens with zero attached hydrogens (tertiary/aromatic N) is 2. The maximum Gasteiger partial charge on any atom is 0.435 e. The molecule has 0 saturated heterocycles. The highest BCUT2D eigenvalue weighted by Crippen LogP contribution is 2.28. The summed E-state index contributed by atoms with van der Waals surface area (Å²) in [6.07, 6.45) is -4.59. The van der Waals surface area contributed by atoms with Gasteiger partial charge in [-0.1, -0.05) is 17.7 Å². The van der Waals surface area contributed by atoms with E-state index in [1.165, 1.54) is 13.1 Å². The van der Waals surface area contributed by atoms with E-state index < -0.39 is 17.8 Å². The Morgan fingerprint density at radius 1 is 1.33 bits per heavy atom. The maximum absolute atomic E-state index is 12.6. The first-order valence-electron chi connectivity index (χ1n) is 5.87. The van der Waals surface area contributed by atoms with Crippen LogP contribution in [-0.2, 0) is 13.2 Å². The summed E-state index contributed by atoms with van der Waals surface area (Å²) in [6, 6.07) is 5.58. The third-order valence-electron chi connectivity index (χ3n) is 2.85. The van der Waals surface area contributed by atoms with Crippen LogP contribution in [0.3, 0.4) is 0 Å². The van der Waals surface area contributed by atoms with Crippen LogP contribution in [0.5, 0.6) is 0 Å². The first kappa shape index (κ1) is 15.4. The highest BCUT2D eigenvalue weighted by molar-refractivity contribution is 6.31. The van der Waals surface area contributed by atoms with Gasteiger partial charge >= 0.3 is 6.18 Å². The van der Waals surface area contributed by atoms with Crippen LogP contribution in [0.2, 0.25) is 5.02 Å². The summed E-state index contributed by atoms with van der Waals surface area (Å²) in [5, 5.41) is 6.22. The monoisotopic (exact) mass is 317 g/mol. The van der Waals surface area contributed by atoms with E-state index in [2.05, 4.69) is 10.4 Å². The molecule has 0 spiro atoms. The van der Waals surface area contributed by atoms with E-state index in [9.17, 15) is 18.0 Å². The predicted octanol–water partition coefficient (Wildman–Crippen LogP) is 3.65. The molecule has 2 rings (SSSR count). The van der Waals surface area contributed by atoms with Crippen molar-refractivity contribution in [1.29, 1.82) is 0 Å². The molecule has 0 saturated carbocycles. The van der Waals surface area contributed by atoms with Crippen molar-refractivity contribution in [3.63, 3.8) is 0 Å². The van der Waals surface area contributed by atoms with Crippen LogP contribution >= 0.6 is 11.6 Å². The number of anilines is 1. The molecule has 21 heavy (non-hydrogen) atoms. The number of amides is 1. The summed E-state index contributed by atoms with van der Waals surface area (Å²) in [7, 11) is 1.27. The van der Waals surface area contributed by atoms with Gasteiger partial charge in [0.05, 0.1) is 0 Å². The standard InChI is InChI=1S/C13H11ClF3N3O/c1-7-3-4-8(14)5-9(7)18-12(21)10-6-11(13(15,16)17)19-20(10)2/h3-6H,1-2H3,(H,18,21). The van der Waals surface area contributed by atoms with Crippen molar-refractivity contribution in [3.05, 3.63) is 46.2 Å². The van der Waals surface area contributed by atoms with E-state index in [-0.39, 0.29) is 5.69 Å². The van der Waals surface area contributed by atoms with E-state index in [1.54, 1.807) is 19.1 Å². The molecule has 0 bridgehead atoms. The molecule has 112 valence electrons. The van der Waals surface area contributed by atoms with Crippen molar-refractivity contribution in [3.8, 4) is 0 Å². The Kier molecular flexibility index (Phi) is 3.95. The van der Waals surface area contributed by atoms with Crippen LogP contribution in [0.1, 0.15) is 21.7 Å². The molecule has 0 fully saturated rings. The third-order valence-corrected chi connectivity index (χ3v) is 3.09. The molecule has 0 aliphatic carbocycles. The van der Waals surface area contributed by atoms with Crippen molar-refractivity contribution in [2.75, 3.05) is 5.32 Å². The van der Waals surface area contributed by atoms with Gasteiger partial charge in [0.2, 0.25) is 0 Å². The Balaban J connectivity index is 2.29. The van der Waals surface area contributed by atoms with Gasteiger partial charge in [-0.15, -0.1) is 0 Å². The van der Waals surface area contributed by atoms with Crippen molar-refractivity contribution in [1.82, 2.24) is 9.78 Å². The molecular weight excluding hydrogens is 307 g/mol. The topological polar surface area (TPSA) is 46.9 Å². The lowest BCUT2D eigenvalue weighted by Crippen LogP contribution is -2.16. The number of alkyl halides is 3. The van der Waals surface area contributed by atoms with Gasteiger partial charge in [0.25, 0.3) is 5.91 Å². The molecule has 0 aliphatic heterocycles. The number of benzene rings is 1. The third kappa shape index (κ3) is 3.36. The molecule has 1 N–H and O–H groups in total. The predicted molar refractivity (Wildman–Crippen MR) is 72.4 cm³/mol. The molecule has 4 nitrogen and oxygen atoms in total. The Morgan fingerprint density at radius 2 is 2.00 bits per heavy atom. The second-order valence-electron chi connectivity index (χ2n) is 4.45. The minimum absolute atomic E-state index is 0.193. The average molecular weight is 318 g/mol. The summed E-state index contributed by atoms with van der Waals surface area (Å²) in [5.74, 6) is -0.689. The number of carbonyl (C=O) groups is 1. The van der Waals surface area contributed by atoms with Crippen molar-refractivity contribution < 1.29 is 18.0 Å². The minimum atomic E-state index is -4.59. The fourth-order valence-corrected chi connectivity index (χ4v) is 1.91. The van der Waals surface area contributed by atoms with Gasteiger partial charge in [0, 0.05) is 23.8 Å². The van der Waals surface area contributed by atoms with Gasteiger partial charge in [0.15, 0.2) is 5.69 Å². The van der Waals surface area contributed by atoms with Gasteiger partial charge in [-0.25, -0.2) is 0 Å². The quantitative estimate of drug-likeness (QED) is 0.919. The molecule has 8 heteroatoms. The summed E-state index contributed by atoms with van der Waals surface area (Å²) in [6.45, 7) is 1.75. The van der Waals surface area contributed by atoms with Crippen LogP contribution in [0, 0.1) is 6.92 Å². The number of carbonyl (C=O) groups excluding carboxylic acids is 1. The second kappa shape index (κ2) is 5.40. The fourth-order valence-electron chi connectivity index (χ4n) is 1.73. The first-order valence-corrected chi connectivity index (χ1v) is 6.25. The Bertz CT molecular complexity index is 694. The SMILES string of the molecule is Cc1ccc(Cl)cc1NC(=O)c1cc(C(F)(F)F)nn1C. The molecule has 2 aromatic rings. The van der Waals surface area contributed by atoms with E-state index in [0.717, 1.165) is 10.2 Å². The molecule has 1 amide bonds. The number of aryl methyl sites for hydroxylation is 2. The molecular formula is C13H11ClF3N3O. The zero-order chi connectivity index (χ0) is 15.8. The molecule has 0 radical (unpaired) electrons. The van der Waals surface area contributed by atoms with Crippen LogP contribution in [0.25, 0.3) is 0 Å². The molecule has 1 aromatic heterocycles. The Morgan fingerprint density at radius 3 is 2.57 bits per heavy atom. The largest absolute Gasteiger partial charge is 0.435 e. The molecule has 1 aromatic carbocycles. The Hall–Kier alpha value is -2.02. The average Bonchev–Trinajstić information content (AvgIpc) is 2.76. The number of nitrogens with one attached hydrogen (secondary N) is 1. The van der Waals surface area contributed by atoms with Crippen LogP contribution < -0.4 is 5.32 Å². The zero-order valence-electron chi connectivity index (χ0n) is 11.1. The Labute approximate surface area is 123 Å². The summed E-state index contributed by atoms with van der Waals surface area (Å²) >= 11 is 5.82. The number of halogens is 4. The molecule has 0 aliphatic rings. The highest BCUT2D eigenvalue weighted by Gasteiger charge is 2.35. The lowest BCUT2D eigenvalue weighted by molar-refractivity contribution is -0.141. The number of hydrogen-bond donors (Lipinski definition) is 1. The van der Waals surface area contributed by atoms with E-state index in [0.29, 0.717) is 16.8 Å². The van der Waals surface area contributed by atoms with Gasteiger partial charge in [-0.3, -0.25) is 9.48 Å². The van der Waals surface area contributed by atoms with E-state index in [4.69, 9.17) is 11.6 Å². The van der Waals surface area contributed by atoms with Gasteiger partial charge in [0.1, 0.15) is 5.69 Å². The van der Waals surface area contributed by atoms with E-state index >= 15 is 0 Å². The van der Waals surface area contributed by atoms with Crippen molar-refractivity contribution in [2.24, 2.45) is 7.05 Å². The number of hydrogen-bond acceptors (Lipinski definition) is 2. The molecule has 1 heterocycles. The summed E-state index contributed by atoms with van der Waals surface area (Å²) in [4.78, 5) is 12.1. The van der Waals surface area contributed by atoms with Gasteiger partial charge < -0.3 is 5.32 Å². The van der Waals surface area contributed by atoms with Crippen molar-refractivity contribution in [2.45, 2.75) is 13.1 Å². The fraction of sp³-hybridized carbons (Fsp3) is 0.231. The normalized spacial score (nSPS) is 11.5. The van der Waals surface area contributed by atoms with Gasteiger partial charge in [-0.05, 0) is 24.6 Å². The highest BCUT2D eigenvalue weighted by atomic mass is 35.5. The first-order chi connectivity index (χ1) is 9.68. The van der Waals surface area contributed by atoms with Crippen LogP contribution in [0.4, 0.5) is 18.9 Å². The van der Waals surface area contributed by atoms with Crippen LogP contribution in [0.15, 0.2) is 24.3 Å². The molecule has 0 atom stereocenters. The lowest BCUT2D eigenvalue weighted by atomic mass is 10.2. The minimum Gasteiger partial charge on any atom is -0.320 e. The zero-order valence-corrected chi connectivity index (χ0v) is 11.9. The van der Waals surface area contributed by atoms with E-state index in [1.807, 2.05) is 0 Å². The smallest absolute Gasteiger partial charge is 0.320 e. The number of aromatic nitrogens is 2. The lowest BCUT2D eigenvalue weighted by Gasteiger charge is -2.08.